The Kier molecular flexibility index (Phi) is 9.15. The second-order valence-corrected chi connectivity index (χ2v) is 19.7. The molecule has 0 unspecified atom stereocenters. The Morgan fingerprint density at radius 3 is 2.20 bits per heavy atom. The summed E-state index contributed by atoms with van der Waals surface area (Å²) in [4.78, 5) is 70.8. The number of carbonyl (C=O) groups is 5. The summed E-state index contributed by atoms with van der Waals surface area (Å²) >= 11 is 0. The van der Waals surface area contributed by atoms with E-state index < -0.39 is 141 Å². The summed E-state index contributed by atoms with van der Waals surface area (Å²) < 4.78 is 57.7. The highest BCUT2D eigenvalue weighted by atomic mass is 17.0. The van der Waals surface area contributed by atoms with Crippen molar-refractivity contribution in [2.75, 3.05) is 7.11 Å². The van der Waals surface area contributed by atoms with Gasteiger partial charge in [-0.3, -0.25) is 19.2 Å². The second kappa shape index (κ2) is 12.7. The van der Waals surface area contributed by atoms with E-state index in [0.29, 0.717) is 12.0 Å². The third kappa shape index (κ3) is 4.56. The zero-order valence-electron chi connectivity index (χ0n) is 36.1. The first kappa shape index (κ1) is 43.1. The van der Waals surface area contributed by atoms with Gasteiger partial charge in [-0.2, -0.15) is 0 Å². The summed E-state index contributed by atoms with van der Waals surface area (Å²) in [6.07, 6.45) is -5.14. The van der Waals surface area contributed by atoms with Crippen molar-refractivity contribution in [1.82, 2.24) is 0 Å². The molecule has 0 amide bonds. The minimum Gasteiger partial charge on any atom is -0.472 e. The SMILES string of the molecule is CC[C@@H](C)C(=O)O[C@@H]1C[C@@]2(C)[C@H](c3ccoc3)OC(=O)C[C@]23O[C@@]2(C)O[C@@]34[C@H](OC(=O)C(C)C)[C@@]3(O)[C@@H](OC(=O)[C@](C)(O)CC)[C@]5(C)C[C@@]3(O)[C@@](C)([C@H]5CC(=O)OC)[C@@]14O2. The summed E-state index contributed by atoms with van der Waals surface area (Å²) in [7, 11) is 1.19. The lowest BCUT2D eigenvalue weighted by Crippen LogP contribution is -2.99. The number of hydrogen-bond acceptors (Lipinski definition) is 17. The molecular formula is C43H58O17. The van der Waals surface area contributed by atoms with Crippen molar-refractivity contribution < 1.29 is 81.6 Å². The fourth-order valence-electron chi connectivity index (χ4n) is 13.3. The van der Waals surface area contributed by atoms with E-state index >= 15 is 0 Å². The number of cyclic esters (lactones) is 1. The normalized spacial score (nSPS) is 48.0. The summed E-state index contributed by atoms with van der Waals surface area (Å²) in [6.45, 7) is 15.8. The van der Waals surface area contributed by atoms with Crippen LogP contribution in [0.15, 0.2) is 23.0 Å². The van der Waals surface area contributed by atoms with Crippen LogP contribution in [0.4, 0.5) is 0 Å². The summed E-state index contributed by atoms with van der Waals surface area (Å²) in [6, 6.07) is 1.61. The lowest BCUT2D eigenvalue weighted by Gasteiger charge is -2.79. The fourth-order valence-corrected chi connectivity index (χ4v) is 13.3. The monoisotopic (exact) mass is 846 g/mol. The van der Waals surface area contributed by atoms with Crippen LogP contribution in [0.5, 0.6) is 0 Å². The molecule has 60 heavy (non-hydrogen) atoms. The van der Waals surface area contributed by atoms with Crippen LogP contribution in [0, 0.1) is 34.0 Å². The maximum Gasteiger partial charge on any atom is 0.338 e. The number of rotatable bonds is 11. The number of furan rings is 1. The average Bonchev–Trinajstić information content (AvgIpc) is 3.95. The van der Waals surface area contributed by atoms with Gasteiger partial charge in [0.2, 0.25) is 0 Å². The molecule has 7 fully saturated rings. The molecule has 17 nitrogen and oxygen atoms in total. The first-order chi connectivity index (χ1) is 27.8. The third-order valence-corrected chi connectivity index (χ3v) is 16.4. The van der Waals surface area contributed by atoms with E-state index in [0.717, 1.165) is 0 Å². The second-order valence-electron chi connectivity index (χ2n) is 19.7. The van der Waals surface area contributed by atoms with Gasteiger partial charge in [-0.25, -0.2) is 4.79 Å². The minimum atomic E-state index is -2.87. The van der Waals surface area contributed by atoms with Crippen LogP contribution in [-0.2, 0) is 61.9 Å². The number of esters is 5. The molecule has 2 spiro atoms. The Bertz CT molecular complexity index is 2020. The Hall–Kier alpha value is -3.61. The molecular weight excluding hydrogens is 788 g/mol. The van der Waals surface area contributed by atoms with Crippen LogP contribution in [0.25, 0.3) is 0 Å². The number of methoxy groups -OCH3 is 1. The van der Waals surface area contributed by atoms with E-state index in [4.69, 9.17) is 42.3 Å². The quantitative estimate of drug-likeness (QED) is 0.214. The van der Waals surface area contributed by atoms with E-state index in [1.54, 1.807) is 54.5 Å². The van der Waals surface area contributed by atoms with Crippen LogP contribution in [-0.4, -0.2) is 110 Å². The van der Waals surface area contributed by atoms with Crippen molar-refractivity contribution in [3.05, 3.63) is 24.2 Å². The maximum atomic E-state index is 14.3. The van der Waals surface area contributed by atoms with Gasteiger partial charge < -0.3 is 57.6 Å². The zero-order chi connectivity index (χ0) is 44.2. The lowest BCUT2D eigenvalue weighted by molar-refractivity contribution is -0.479. The van der Waals surface area contributed by atoms with Crippen molar-refractivity contribution in [2.45, 2.75) is 172 Å². The van der Waals surface area contributed by atoms with Crippen LogP contribution < -0.4 is 0 Å². The summed E-state index contributed by atoms with van der Waals surface area (Å²) in [5.41, 5.74) is -18.9. The molecule has 17 heteroatoms. The zero-order valence-corrected chi connectivity index (χ0v) is 36.1. The van der Waals surface area contributed by atoms with Crippen molar-refractivity contribution in [3.8, 4) is 0 Å². The maximum absolute atomic E-state index is 14.3. The molecule has 1 aromatic rings. The molecule has 3 aliphatic heterocycles. The molecule has 7 aliphatic rings. The van der Waals surface area contributed by atoms with Gasteiger partial charge in [-0.05, 0) is 44.6 Å². The van der Waals surface area contributed by atoms with E-state index in [1.165, 1.54) is 33.5 Å². The first-order valence-electron chi connectivity index (χ1n) is 20.9. The molecule has 332 valence electrons. The first-order valence-corrected chi connectivity index (χ1v) is 20.9. The van der Waals surface area contributed by atoms with Gasteiger partial charge >= 0.3 is 29.8 Å². The largest absolute Gasteiger partial charge is 0.472 e. The molecule has 0 radical (unpaired) electrons. The van der Waals surface area contributed by atoms with Gasteiger partial charge in [0.25, 0.3) is 5.97 Å². The molecule has 3 saturated heterocycles. The molecule has 4 aliphatic carbocycles. The predicted octanol–water partition coefficient (Wildman–Crippen LogP) is 3.33. The van der Waals surface area contributed by atoms with Crippen LogP contribution >= 0.6 is 0 Å². The molecule has 3 N–H and O–H groups in total. The molecule has 0 aromatic carbocycles. The number of fused-ring (bicyclic) bond motifs is 2. The highest BCUT2D eigenvalue weighted by molar-refractivity contribution is 5.80. The number of carbonyl (C=O) groups excluding carboxylic acids is 5. The van der Waals surface area contributed by atoms with Crippen molar-refractivity contribution in [2.24, 2.45) is 34.0 Å². The van der Waals surface area contributed by atoms with E-state index in [9.17, 15) is 39.3 Å². The van der Waals surface area contributed by atoms with E-state index in [2.05, 4.69) is 0 Å². The molecule has 1 aromatic heterocycles. The van der Waals surface area contributed by atoms with Gasteiger partial charge in [-0.1, -0.05) is 55.4 Å². The van der Waals surface area contributed by atoms with Crippen molar-refractivity contribution in [1.29, 1.82) is 0 Å². The minimum absolute atomic E-state index is 0.106. The molecule has 8 rings (SSSR count). The Morgan fingerprint density at radius 1 is 0.950 bits per heavy atom. The molecule has 4 saturated carbocycles. The Labute approximate surface area is 348 Å². The van der Waals surface area contributed by atoms with Gasteiger partial charge in [0, 0.05) is 35.2 Å². The fraction of sp³-hybridized carbons (Fsp3) is 0.791. The van der Waals surface area contributed by atoms with Gasteiger partial charge in [0.15, 0.2) is 28.5 Å². The molecule has 16 atom stereocenters. The van der Waals surface area contributed by atoms with Gasteiger partial charge in [0.05, 0.1) is 37.9 Å². The molecule has 4 heterocycles. The summed E-state index contributed by atoms with van der Waals surface area (Å²) in [5, 5.41) is 39.3. The standard InChI is InChI=1S/C43H58O17/c1-12-22(5)30(47)54-25-17-35(7)28(23-14-15-53-19-23)55-27(45)18-40(35)43-32(56-29(46)21(3)4)41(51)31(57-33(48)36(8,49)13-2)34(6)20-39(41,50)37(9,24(34)16-26(44)52-11)42(25,43)59-38(10,58-40)60-43/h14-15,19,21-22,24-25,28,31-32,49-51H,12-13,16-18,20H2,1-11H3/t22-,24+,25-,28+,31+,32-,34-,35+,36-,37-,38-,39-,40+,41+,42+,43+/m1/s1. The number of ether oxygens (including phenoxy) is 8. The third-order valence-electron chi connectivity index (χ3n) is 16.4. The van der Waals surface area contributed by atoms with Crippen LogP contribution in [0.1, 0.15) is 119 Å². The van der Waals surface area contributed by atoms with Crippen molar-refractivity contribution in [3.63, 3.8) is 0 Å². The lowest BCUT2D eigenvalue weighted by atomic mass is 9.31. The highest BCUT2D eigenvalue weighted by Crippen LogP contribution is 2.89. The Balaban J connectivity index is 1.53. The van der Waals surface area contributed by atoms with Crippen LogP contribution in [0.3, 0.4) is 0 Å². The van der Waals surface area contributed by atoms with E-state index in [-0.39, 0.29) is 19.3 Å². The number of aliphatic hydroxyl groups is 3. The average molecular weight is 847 g/mol. The predicted molar refractivity (Wildman–Crippen MR) is 200 cm³/mol. The summed E-state index contributed by atoms with van der Waals surface area (Å²) in [5.74, 6) is -9.04. The smallest absolute Gasteiger partial charge is 0.338 e. The van der Waals surface area contributed by atoms with Crippen LogP contribution in [0.2, 0.25) is 0 Å². The van der Waals surface area contributed by atoms with Gasteiger partial charge in [-0.15, -0.1) is 0 Å². The highest BCUT2D eigenvalue weighted by Gasteiger charge is 3.07. The number of hydrogen-bond donors (Lipinski definition) is 3. The van der Waals surface area contributed by atoms with Crippen molar-refractivity contribution >= 4 is 29.8 Å². The Morgan fingerprint density at radius 2 is 1.62 bits per heavy atom. The topological polar surface area (TPSA) is 233 Å². The van der Waals surface area contributed by atoms with E-state index in [1.807, 2.05) is 6.92 Å². The molecule has 4 bridgehead atoms. The van der Waals surface area contributed by atoms with Gasteiger partial charge in [0.1, 0.15) is 29.5 Å².